The summed E-state index contributed by atoms with van der Waals surface area (Å²) >= 11 is 8.00. The number of carbonyl (C=O) groups is 2. The van der Waals surface area contributed by atoms with Crippen LogP contribution in [-0.4, -0.2) is 34.5 Å². The third kappa shape index (κ3) is 2.86. The van der Waals surface area contributed by atoms with E-state index in [4.69, 9.17) is 16.7 Å². The van der Waals surface area contributed by atoms with Crippen molar-refractivity contribution in [3.63, 3.8) is 0 Å². The van der Waals surface area contributed by atoms with Crippen LogP contribution >= 0.6 is 34.2 Å². The Morgan fingerprint density at radius 2 is 2.16 bits per heavy atom. The lowest BCUT2D eigenvalue weighted by Gasteiger charge is -2.23. The molecule has 0 aromatic heterocycles. The van der Waals surface area contributed by atoms with Crippen molar-refractivity contribution in [2.45, 2.75) is 19.4 Å². The molecule has 0 spiro atoms. The number of aliphatic carboxylic acids is 1. The SMILES string of the molecule is CC1C(C(=O)O)CCN1C(=O)c1cc(Cl)ccc1I. The lowest BCUT2D eigenvalue weighted by atomic mass is 10.0. The molecular formula is C13H13ClINO3. The van der Waals surface area contributed by atoms with Crippen molar-refractivity contribution in [3.05, 3.63) is 32.4 Å². The second-order valence-electron chi connectivity index (χ2n) is 4.60. The number of benzene rings is 1. The maximum absolute atomic E-state index is 12.5. The maximum atomic E-state index is 12.5. The number of halogens is 2. The molecule has 1 fully saturated rings. The van der Waals surface area contributed by atoms with Gasteiger partial charge in [-0.25, -0.2) is 0 Å². The van der Waals surface area contributed by atoms with Gasteiger partial charge in [-0.3, -0.25) is 9.59 Å². The minimum absolute atomic E-state index is 0.150. The summed E-state index contributed by atoms with van der Waals surface area (Å²) < 4.78 is 0.818. The van der Waals surface area contributed by atoms with Crippen molar-refractivity contribution in [1.82, 2.24) is 4.90 Å². The van der Waals surface area contributed by atoms with E-state index < -0.39 is 11.9 Å². The van der Waals surface area contributed by atoms with E-state index in [9.17, 15) is 9.59 Å². The molecule has 1 aliphatic heterocycles. The largest absolute Gasteiger partial charge is 0.481 e. The average Bonchev–Trinajstić information content (AvgIpc) is 2.73. The van der Waals surface area contributed by atoms with Crippen LogP contribution in [0.15, 0.2) is 18.2 Å². The molecule has 1 heterocycles. The van der Waals surface area contributed by atoms with Crippen molar-refractivity contribution in [3.8, 4) is 0 Å². The number of carbonyl (C=O) groups excluding carboxylic acids is 1. The van der Waals surface area contributed by atoms with Gasteiger partial charge in [0, 0.05) is 21.2 Å². The number of amides is 1. The molecule has 0 radical (unpaired) electrons. The molecule has 1 aromatic carbocycles. The number of rotatable bonds is 2. The first-order valence-corrected chi connectivity index (χ1v) is 7.36. The number of hydrogen-bond acceptors (Lipinski definition) is 2. The van der Waals surface area contributed by atoms with Gasteiger partial charge in [0.1, 0.15) is 0 Å². The molecule has 102 valence electrons. The average molecular weight is 394 g/mol. The van der Waals surface area contributed by atoms with Crippen LogP contribution in [0.5, 0.6) is 0 Å². The first kappa shape index (κ1) is 14.6. The summed E-state index contributed by atoms with van der Waals surface area (Å²) in [7, 11) is 0. The molecule has 0 saturated carbocycles. The molecule has 1 aliphatic rings. The van der Waals surface area contributed by atoms with Crippen molar-refractivity contribution in [1.29, 1.82) is 0 Å². The van der Waals surface area contributed by atoms with E-state index in [0.29, 0.717) is 23.6 Å². The Hall–Kier alpha value is -0.820. The summed E-state index contributed by atoms with van der Waals surface area (Å²) in [5.41, 5.74) is 0.533. The predicted molar refractivity (Wildman–Crippen MR) is 80.4 cm³/mol. The van der Waals surface area contributed by atoms with Gasteiger partial charge in [-0.15, -0.1) is 0 Å². The minimum atomic E-state index is -0.844. The zero-order chi connectivity index (χ0) is 14.2. The maximum Gasteiger partial charge on any atom is 0.308 e. The standard InChI is InChI=1S/C13H13ClINO3/c1-7-9(13(18)19)4-5-16(7)12(17)10-6-8(14)2-3-11(10)15/h2-3,6-7,9H,4-5H2,1H3,(H,18,19). The summed E-state index contributed by atoms with van der Waals surface area (Å²) in [6.45, 7) is 2.25. The topological polar surface area (TPSA) is 57.6 Å². The number of hydrogen-bond donors (Lipinski definition) is 1. The molecule has 19 heavy (non-hydrogen) atoms. The molecule has 6 heteroatoms. The number of nitrogens with zero attached hydrogens (tertiary/aromatic N) is 1. The fraction of sp³-hybridized carbons (Fsp3) is 0.385. The molecule has 0 bridgehead atoms. The number of carboxylic acids is 1. The van der Waals surface area contributed by atoms with Gasteiger partial charge in [0.15, 0.2) is 0 Å². The fourth-order valence-corrected chi connectivity index (χ4v) is 3.11. The zero-order valence-electron chi connectivity index (χ0n) is 10.3. The van der Waals surface area contributed by atoms with E-state index in [1.807, 2.05) is 0 Å². The molecule has 4 nitrogen and oxygen atoms in total. The number of likely N-dealkylation sites (tertiary alicyclic amines) is 1. The van der Waals surface area contributed by atoms with Gasteiger partial charge in [-0.2, -0.15) is 0 Å². The van der Waals surface area contributed by atoms with Crippen LogP contribution in [0.4, 0.5) is 0 Å². The highest BCUT2D eigenvalue weighted by Crippen LogP contribution is 2.28. The highest BCUT2D eigenvalue weighted by molar-refractivity contribution is 14.1. The first-order valence-electron chi connectivity index (χ1n) is 5.90. The van der Waals surface area contributed by atoms with Gasteiger partial charge in [0.05, 0.1) is 11.5 Å². The van der Waals surface area contributed by atoms with E-state index in [1.54, 1.807) is 30.0 Å². The summed E-state index contributed by atoms with van der Waals surface area (Å²) in [6, 6.07) is 4.85. The molecular weight excluding hydrogens is 381 g/mol. The van der Waals surface area contributed by atoms with E-state index in [2.05, 4.69) is 22.6 Å². The molecule has 1 saturated heterocycles. The monoisotopic (exact) mass is 393 g/mol. The van der Waals surface area contributed by atoms with E-state index >= 15 is 0 Å². The molecule has 2 atom stereocenters. The molecule has 2 rings (SSSR count). The Morgan fingerprint density at radius 3 is 2.74 bits per heavy atom. The third-order valence-corrected chi connectivity index (χ3v) is 4.67. The Balaban J connectivity index is 2.26. The van der Waals surface area contributed by atoms with Crippen LogP contribution < -0.4 is 0 Å². The van der Waals surface area contributed by atoms with Gasteiger partial charge < -0.3 is 10.0 Å². The van der Waals surface area contributed by atoms with Crippen molar-refractivity contribution >= 4 is 46.1 Å². The Bertz CT molecular complexity index is 535. The second kappa shape index (κ2) is 5.66. The van der Waals surface area contributed by atoms with Gasteiger partial charge in [-0.1, -0.05) is 11.6 Å². The first-order chi connectivity index (χ1) is 8.91. The molecule has 1 amide bonds. The van der Waals surface area contributed by atoms with Gasteiger partial charge in [-0.05, 0) is 54.1 Å². The second-order valence-corrected chi connectivity index (χ2v) is 6.20. The minimum Gasteiger partial charge on any atom is -0.481 e. The Morgan fingerprint density at radius 1 is 1.47 bits per heavy atom. The highest BCUT2D eigenvalue weighted by Gasteiger charge is 2.38. The number of carboxylic acid groups (broad SMARTS) is 1. The Kier molecular flexibility index (Phi) is 4.35. The van der Waals surface area contributed by atoms with E-state index in [0.717, 1.165) is 3.57 Å². The van der Waals surface area contributed by atoms with Gasteiger partial charge >= 0.3 is 5.97 Å². The van der Waals surface area contributed by atoms with Crippen LogP contribution in [0.1, 0.15) is 23.7 Å². The smallest absolute Gasteiger partial charge is 0.308 e. The zero-order valence-corrected chi connectivity index (χ0v) is 13.2. The van der Waals surface area contributed by atoms with E-state index in [1.165, 1.54) is 0 Å². The lowest BCUT2D eigenvalue weighted by molar-refractivity contribution is -0.142. The third-order valence-electron chi connectivity index (χ3n) is 3.49. The summed E-state index contributed by atoms with van der Waals surface area (Å²) in [5.74, 6) is -1.48. The quantitative estimate of drug-likeness (QED) is 0.786. The fourth-order valence-electron chi connectivity index (χ4n) is 2.37. The molecule has 2 unspecified atom stereocenters. The summed E-state index contributed by atoms with van der Waals surface area (Å²) in [6.07, 6.45) is 0.499. The van der Waals surface area contributed by atoms with Crippen LogP contribution in [0.3, 0.4) is 0 Å². The highest BCUT2D eigenvalue weighted by atomic mass is 127. The van der Waals surface area contributed by atoms with Gasteiger partial charge in [0.2, 0.25) is 0 Å². The summed E-state index contributed by atoms with van der Waals surface area (Å²) in [4.78, 5) is 25.2. The van der Waals surface area contributed by atoms with Crippen molar-refractivity contribution in [2.75, 3.05) is 6.54 Å². The normalized spacial score (nSPS) is 22.6. The summed E-state index contributed by atoms with van der Waals surface area (Å²) in [5, 5.41) is 9.60. The lowest BCUT2D eigenvalue weighted by Crippen LogP contribution is -2.38. The van der Waals surface area contributed by atoms with Crippen LogP contribution in [0.2, 0.25) is 5.02 Å². The molecule has 0 aliphatic carbocycles. The molecule has 1 N–H and O–H groups in total. The van der Waals surface area contributed by atoms with Crippen LogP contribution in [-0.2, 0) is 4.79 Å². The van der Waals surface area contributed by atoms with Crippen molar-refractivity contribution in [2.24, 2.45) is 5.92 Å². The van der Waals surface area contributed by atoms with Crippen molar-refractivity contribution < 1.29 is 14.7 Å². The van der Waals surface area contributed by atoms with Crippen LogP contribution in [0, 0.1) is 9.49 Å². The van der Waals surface area contributed by atoms with E-state index in [-0.39, 0.29) is 11.9 Å². The predicted octanol–water partition coefficient (Wildman–Crippen LogP) is 2.88. The van der Waals surface area contributed by atoms with Gasteiger partial charge in [0.25, 0.3) is 5.91 Å². The molecule has 1 aromatic rings. The Labute approximate surface area is 129 Å². The van der Waals surface area contributed by atoms with Crippen LogP contribution in [0.25, 0.3) is 0 Å².